The second kappa shape index (κ2) is 5.20. The molecule has 0 radical (unpaired) electrons. The van der Waals surface area contributed by atoms with Crippen molar-refractivity contribution in [3.8, 4) is 0 Å². The van der Waals surface area contributed by atoms with Crippen molar-refractivity contribution in [2.45, 2.75) is 0 Å². The zero-order chi connectivity index (χ0) is 15.0. The second-order valence-corrected chi connectivity index (χ2v) is 5.30. The summed E-state index contributed by atoms with van der Waals surface area (Å²) in [7, 11) is -4.76. The summed E-state index contributed by atoms with van der Waals surface area (Å²) in [6.07, 6.45) is -1.18. The van der Waals surface area contributed by atoms with Crippen molar-refractivity contribution >= 4 is 14.7 Å². The van der Waals surface area contributed by atoms with Crippen LogP contribution in [0, 0.1) is 29.1 Å². The van der Waals surface area contributed by atoms with E-state index in [1.807, 2.05) is 0 Å². The standard InChI is InChI=1S/C8H6F5NO4Si/c9-3-2(8(15)14-1-19(16,17)18)4(10)6(12)7(13)5(3)11/h16-18H,1H2,(H,14,15). The zero-order valence-corrected chi connectivity index (χ0v) is 9.85. The van der Waals surface area contributed by atoms with Gasteiger partial charge in [0.15, 0.2) is 23.3 Å². The van der Waals surface area contributed by atoms with Crippen LogP contribution in [0.2, 0.25) is 0 Å². The van der Waals surface area contributed by atoms with Crippen molar-refractivity contribution in [2.75, 3.05) is 6.17 Å². The number of hydrogen-bond donors (Lipinski definition) is 4. The first-order valence-corrected chi connectivity index (χ1v) is 6.58. The molecule has 0 aliphatic carbocycles. The van der Waals surface area contributed by atoms with Gasteiger partial charge in [-0.25, -0.2) is 22.0 Å². The molecule has 0 atom stereocenters. The van der Waals surface area contributed by atoms with Gasteiger partial charge in [0.25, 0.3) is 5.91 Å². The molecule has 0 saturated carbocycles. The predicted molar refractivity (Wildman–Crippen MR) is 51.0 cm³/mol. The molecule has 0 bridgehead atoms. The van der Waals surface area contributed by atoms with Crippen LogP contribution in [-0.2, 0) is 0 Å². The number of hydrogen-bond acceptors (Lipinski definition) is 4. The van der Waals surface area contributed by atoms with Gasteiger partial charge in [-0.2, -0.15) is 0 Å². The molecule has 1 rings (SSSR count). The smallest absolute Gasteiger partial charge is 0.389 e. The average Bonchev–Trinajstić information content (AvgIpc) is 2.31. The summed E-state index contributed by atoms with van der Waals surface area (Å²) in [5.41, 5.74) is -1.78. The molecule has 0 fully saturated rings. The van der Waals surface area contributed by atoms with Crippen LogP contribution in [0.5, 0.6) is 0 Å². The summed E-state index contributed by atoms with van der Waals surface area (Å²) >= 11 is 0. The van der Waals surface area contributed by atoms with Crippen molar-refractivity contribution < 1.29 is 41.1 Å². The van der Waals surface area contributed by atoms with Crippen LogP contribution in [0.1, 0.15) is 10.4 Å². The SMILES string of the molecule is O=C(NC[Si](O)(O)O)c1c(F)c(F)c(F)c(F)c1F. The molecule has 5 nitrogen and oxygen atoms in total. The highest BCUT2D eigenvalue weighted by atomic mass is 28.4. The van der Waals surface area contributed by atoms with Crippen LogP contribution in [-0.4, -0.2) is 35.3 Å². The molecular formula is C8H6F5NO4Si. The Morgan fingerprint density at radius 2 is 1.26 bits per heavy atom. The van der Waals surface area contributed by atoms with E-state index in [1.165, 1.54) is 5.32 Å². The van der Waals surface area contributed by atoms with E-state index < -0.39 is 55.5 Å². The van der Waals surface area contributed by atoms with Crippen molar-refractivity contribution in [3.63, 3.8) is 0 Å². The Bertz CT molecular complexity index is 504. The number of carbonyl (C=O) groups excluding carboxylic acids is 1. The van der Waals surface area contributed by atoms with Gasteiger partial charge in [-0.05, 0) is 0 Å². The van der Waals surface area contributed by atoms with Crippen LogP contribution in [0.4, 0.5) is 22.0 Å². The van der Waals surface area contributed by atoms with Crippen molar-refractivity contribution in [1.82, 2.24) is 5.32 Å². The molecule has 0 aliphatic rings. The van der Waals surface area contributed by atoms with E-state index in [1.54, 1.807) is 0 Å². The van der Waals surface area contributed by atoms with Gasteiger partial charge in [0.1, 0.15) is 5.56 Å². The minimum Gasteiger partial charge on any atom is -0.389 e. The third-order valence-corrected chi connectivity index (χ3v) is 2.57. The monoisotopic (exact) mass is 303 g/mol. The predicted octanol–water partition coefficient (Wildman–Crippen LogP) is -0.433. The third-order valence-electron chi connectivity index (χ3n) is 1.92. The Labute approximate surface area is 103 Å². The molecule has 0 aliphatic heterocycles. The van der Waals surface area contributed by atoms with Gasteiger partial charge < -0.3 is 19.7 Å². The molecule has 0 aromatic heterocycles. The number of rotatable bonds is 3. The molecule has 0 spiro atoms. The van der Waals surface area contributed by atoms with Crippen LogP contribution in [0.15, 0.2) is 0 Å². The van der Waals surface area contributed by atoms with Gasteiger partial charge in [-0.3, -0.25) is 4.79 Å². The maximum atomic E-state index is 13.1. The topological polar surface area (TPSA) is 89.8 Å². The first-order chi connectivity index (χ1) is 8.56. The largest absolute Gasteiger partial charge is 0.513 e. The fourth-order valence-corrected chi connectivity index (χ4v) is 1.49. The molecule has 4 N–H and O–H groups in total. The van der Waals surface area contributed by atoms with E-state index in [-0.39, 0.29) is 0 Å². The minimum atomic E-state index is -4.76. The van der Waals surface area contributed by atoms with Gasteiger partial charge >= 0.3 is 8.80 Å². The Morgan fingerprint density at radius 1 is 0.895 bits per heavy atom. The minimum absolute atomic E-state index is 1.18. The van der Waals surface area contributed by atoms with Gasteiger partial charge in [-0.15, -0.1) is 0 Å². The lowest BCUT2D eigenvalue weighted by Crippen LogP contribution is -2.48. The number of amides is 1. The van der Waals surface area contributed by atoms with Crippen molar-refractivity contribution in [1.29, 1.82) is 0 Å². The summed E-state index contributed by atoms with van der Waals surface area (Å²) in [4.78, 5) is 36.8. The highest BCUT2D eigenvalue weighted by Gasteiger charge is 2.32. The zero-order valence-electron chi connectivity index (χ0n) is 8.85. The first kappa shape index (κ1) is 15.5. The van der Waals surface area contributed by atoms with Crippen LogP contribution >= 0.6 is 0 Å². The lowest BCUT2D eigenvalue weighted by molar-refractivity contribution is 0.0935. The molecule has 11 heteroatoms. The van der Waals surface area contributed by atoms with E-state index in [0.29, 0.717) is 0 Å². The van der Waals surface area contributed by atoms with Gasteiger partial charge in [0.05, 0.1) is 6.17 Å². The summed E-state index contributed by atoms with van der Waals surface area (Å²) in [5, 5.41) is 1.43. The van der Waals surface area contributed by atoms with E-state index in [9.17, 15) is 26.7 Å². The molecule has 0 saturated heterocycles. The van der Waals surface area contributed by atoms with Crippen LogP contribution in [0.3, 0.4) is 0 Å². The molecule has 19 heavy (non-hydrogen) atoms. The third kappa shape index (κ3) is 3.26. The van der Waals surface area contributed by atoms with Crippen molar-refractivity contribution in [3.05, 3.63) is 34.6 Å². The van der Waals surface area contributed by atoms with Crippen molar-refractivity contribution in [2.24, 2.45) is 0 Å². The van der Waals surface area contributed by atoms with E-state index >= 15 is 0 Å². The average molecular weight is 303 g/mol. The highest BCUT2D eigenvalue weighted by Crippen LogP contribution is 2.22. The van der Waals surface area contributed by atoms with Gasteiger partial charge in [0.2, 0.25) is 5.82 Å². The number of nitrogens with one attached hydrogen (secondary N) is 1. The molecule has 1 aromatic rings. The first-order valence-electron chi connectivity index (χ1n) is 4.53. The quantitative estimate of drug-likeness (QED) is 0.264. The summed E-state index contributed by atoms with van der Waals surface area (Å²) in [5.74, 6) is -13.6. The molecular weight excluding hydrogens is 297 g/mol. The summed E-state index contributed by atoms with van der Waals surface area (Å²) < 4.78 is 64.4. The van der Waals surface area contributed by atoms with Crippen LogP contribution in [0.25, 0.3) is 0 Å². The van der Waals surface area contributed by atoms with E-state index in [0.717, 1.165) is 0 Å². The maximum absolute atomic E-state index is 13.1. The number of benzene rings is 1. The Hall–Kier alpha value is -1.56. The Morgan fingerprint density at radius 3 is 1.63 bits per heavy atom. The lowest BCUT2D eigenvalue weighted by atomic mass is 10.1. The molecule has 1 aromatic carbocycles. The Kier molecular flexibility index (Phi) is 4.24. The van der Waals surface area contributed by atoms with Crippen LogP contribution < -0.4 is 5.32 Å². The molecule has 106 valence electrons. The molecule has 0 heterocycles. The fraction of sp³-hybridized carbons (Fsp3) is 0.125. The number of halogens is 5. The van der Waals surface area contributed by atoms with E-state index in [2.05, 4.69) is 0 Å². The van der Waals surface area contributed by atoms with Gasteiger partial charge in [0, 0.05) is 0 Å². The molecule has 0 unspecified atom stereocenters. The van der Waals surface area contributed by atoms with Gasteiger partial charge in [-0.1, -0.05) is 0 Å². The maximum Gasteiger partial charge on any atom is 0.513 e. The number of carbonyl (C=O) groups is 1. The Balaban J connectivity index is 3.18. The lowest BCUT2D eigenvalue weighted by Gasteiger charge is -2.12. The fourth-order valence-electron chi connectivity index (χ4n) is 1.09. The van der Waals surface area contributed by atoms with E-state index in [4.69, 9.17) is 14.4 Å². The summed E-state index contributed by atoms with van der Waals surface area (Å²) in [6.45, 7) is 0. The second-order valence-electron chi connectivity index (χ2n) is 3.40. The normalized spacial score (nSPS) is 11.6. The highest BCUT2D eigenvalue weighted by molar-refractivity contribution is 6.56. The molecule has 1 amide bonds. The summed E-state index contributed by atoms with van der Waals surface area (Å²) in [6, 6.07) is 0.